The highest BCUT2D eigenvalue weighted by atomic mass is 15.2. The molecule has 0 spiro atoms. The van der Waals surface area contributed by atoms with Crippen molar-refractivity contribution in [2.75, 3.05) is 19.6 Å². The van der Waals surface area contributed by atoms with Crippen molar-refractivity contribution in [2.45, 2.75) is 25.4 Å². The third kappa shape index (κ3) is 2.21. The minimum absolute atomic E-state index is 0.715. The van der Waals surface area contributed by atoms with Gasteiger partial charge in [-0.15, -0.1) is 0 Å². The lowest BCUT2D eigenvalue weighted by atomic mass is 9.94. The number of hydrogen-bond acceptors (Lipinski definition) is 3. The molecule has 2 aliphatic heterocycles. The van der Waals surface area contributed by atoms with E-state index < -0.39 is 0 Å². The standard InChI is InChI=1S/C17H21N3/c1-2-6-16-13(4-1)8-18-9-15(16)11-20-10-14-5-3-7-19-17(14)12-20/h1-2,4,6,8-9,14,17,19H,3,5,7,10-12H2. The van der Waals surface area contributed by atoms with Gasteiger partial charge in [0.1, 0.15) is 0 Å². The molecule has 2 fully saturated rings. The van der Waals surface area contributed by atoms with Crippen molar-refractivity contribution in [1.82, 2.24) is 15.2 Å². The van der Waals surface area contributed by atoms with Crippen LogP contribution < -0.4 is 5.32 Å². The topological polar surface area (TPSA) is 28.2 Å². The average Bonchev–Trinajstić information content (AvgIpc) is 2.90. The van der Waals surface area contributed by atoms with Gasteiger partial charge in [0.15, 0.2) is 0 Å². The van der Waals surface area contributed by atoms with Crippen LogP contribution in [0.3, 0.4) is 0 Å². The van der Waals surface area contributed by atoms with Gasteiger partial charge in [-0.25, -0.2) is 0 Å². The van der Waals surface area contributed by atoms with Crippen molar-refractivity contribution in [3.05, 3.63) is 42.2 Å². The van der Waals surface area contributed by atoms with Crippen LogP contribution in [0.2, 0.25) is 0 Å². The van der Waals surface area contributed by atoms with Gasteiger partial charge in [0, 0.05) is 43.5 Å². The van der Waals surface area contributed by atoms with E-state index >= 15 is 0 Å². The lowest BCUT2D eigenvalue weighted by Gasteiger charge is -2.24. The molecule has 3 heterocycles. The van der Waals surface area contributed by atoms with Crippen LogP contribution in [0.1, 0.15) is 18.4 Å². The minimum atomic E-state index is 0.715. The second-order valence-corrected chi connectivity index (χ2v) is 6.18. The molecular weight excluding hydrogens is 246 g/mol. The molecule has 2 atom stereocenters. The Morgan fingerprint density at radius 1 is 1.20 bits per heavy atom. The largest absolute Gasteiger partial charge is 0.312 e. The summed E-state index contributed by atoms with van der Waals surface area (Å²) in [6.45, 7) is 4.66. The maximum atomic E-state index is 4.40. The monoisotopic (exact) mass is 267 g/mol. The van der Waals surface area contributed by atoms with Crippen LogP contribution in [0.4, 0.5) is 0 Å². The van der Waals surface area contributed by atoms with Gasteiger partial charge in [-0.2, -0.15) is 0 Å². The molecule has 2 saturated heterocycles. The van der Waals surface area contributed by atoms with Gasteiger partial charge < -0.3 is 5.32 Å². The molecule has 0 saturated carbocycles. The summed E-state index contributed by atoms with van der Waals surface area (Å²) in [5.74, 6) is 0.853. The van der Waals surface area contributed by atoms with E-state index in [1.54, 1.807) is 0 Å². The van der Waals surface area contributed by atoms with Crippen molar-refractivity contribution >= 4 is 10.8 Å². The lowest BCUT2D eigenvalue weighted by Crippen LogP contribution is -2.40. The van der Waals surface area contributed by atoms with E-state index in [1.165, 1.54) is 48.8 Å². The summed E-state index contributed by atoms with van der Waals surface area (Å²) in [4.78, 5) is 7.00. The first kappa shape index (κ1) is 12.3. The molecule has 1 aromatic carbocycles. The number of hydrogen-bond donors (Lipinski definition) is 1. The molecule has 1 N–H and O–H groups in total. The smallest absolute Gasteiger partial charge is 0.0346 e. The zero-order valence-corrected chi connectivity index (χ0v) is 11.8. The predicted molar refractivity (Wildman–Crippen MR) is 81.5 cm³/mol. The number of rotatable bonds is 2. The Kier molecular flexibility index (Phi) is 3.17. The Morgan fingerprint density at radius 3 is 3.10 bits per heavy atom. The summed E-state index contributed by atoms with van der Waals surface area (Å²) in [5.41, 5.74) is 1.36. The number of fused-ring (bicyclic) bond motifs is 2. The van der Waals surface area contributed by atoms with Gasteiger partial charge in [0.05, 0.1) is 0 Å². The number of pyridine rings is 1. The third-order valence-electron chi connectivity index (χ3n) is 4.82. The fourth-order valence-corrected chi connectivity index (χ4v) is 3.81. The van der Waals surface area contributed by atoms with E-state index in [0.717, 1.165) is 12.5 Å². The van der Waals surface area contributed by atoms with E-state index in [4.69, 9.17) is 0 Å². The molecule has 2 unspecified atom stereocenters. The predicted octanol–water partition coefficient (Wildman–Crippen LogP) is 2.42. The number of nitrogens with one attached hydrogen (secondary N) is 1. The Bertz CT molecular complexity index is 591. The Hall–Kier alpha value is -1.45. The second kappa shape index (κ2) is 5.15. The molecule has 104 valence electrons. The quantitative estimate of drug-likeness (QED) is 0.905. The van der Waals surface area contributed by atoms with Gasteiger partial charge in [-0.05, 0) is 36.3 Å². The fraction of sp³-hybridized carbons (Fsp3) is 0.471. The molecule has 1 aromatic heterocycles. The van der Waals surface area contributed by atoms with Gasteiger partial charge in [0.25, 0.3) is 0 Å². The summed E-state index contributed by atoms with van der Waals surface area (Å²) in [6.07, 6.45) is 6.73. The first-order valence-electron chi connectivity index (χ1n) is 7.67. The van der Waals surface area contributed by atoms with Crippen LogP contribution in [0.5, 0.6) is 0 Å². The van der Waals surface area contributed by atoms with Crippen LogP contribution in [0.25, 0.3) is 10.8 Å². The fourth-order valence-electron chi connectivity index (χ4n) is 3.81. The van der Waals surface area contributed by atoms with Crippen LogP contribution in [-0.2, 0) is 6.54 Å². The van der Waals surface area contributed by atoms with E-state index in [-0.39, 0.29) is 0 Å². The number of benzene rings is 1. The summed E-state index contributed by atoms with van der Waals surface area (Å²) < 4.78 is 0. The zero-order valence-electron chi connectivity index (χ0n) is 11.8. The molecule has 0 aliphatic carbocycles. The molecule has 20 heavy (non-hydrogen) atoms. The molecule has 0 amide bonds. The molecule has 3 heteroatoms. The van der Waals surface area contributed by atoms with Crippen molar-refractivity contribution in [2.24, 2.45) is 5.92 Å². The van der Waals surface area contributed by atoms with Gasteiger partial charge in [0.2, 0.25) is 0 Å². The maximum absolute atomic E-state index is 4.40. The number of nitrogens with zero attached hydrogens (tertiary/aromatic N) is 2. The summed E-state index contributed by atoms with van der Waals surface area (Å²) in [7, 11) is 0. The molecule has 0 radical (unpaired) electrons. The molecular formula is C17H21N3. The van der Waals surface area contributed by atoms with Gasteiger partial charge in [-0.3, -0.25) is 9.88 Å². The molecule has 4 rings (SSSR count). The maximum Gasteiger partial charge on any atom is 0.0346 e. The number of likely N-dealkylation sites (tertiary alicyclic amines) is 1. The highest BCUT2D eigenvalue weighted by Gasteiger charge is 2.34. The molecule has 2 aliphatic rings. The SMILES string of the molecule is c1ccc2c(CN3CC4CCCNC4C3)cncc2c1. The van der Waals surface area contributed by atoms with Crippen molar-refractivity contribution in [3.63, 3.8) is 0 Å². The molecule has 0 bridgehead atoms. The highest BCUT2D eigenvalue weighted by molar-refractivity contribution is 5.84. The number of aromatic nitrogens is 1. The third-order valence-corrected chi connectivity index (χ3v) is 4.82. The second-order valence-electron chi connectivity index (χ2n) is 6.18. The van der Waals surface area contributed by atoms with Crippen LogP contribution in [0, 0.1) is 5.92 Å². The summed E-state index contributed by atoms with van der Waals surface area (Å²) >= 11 is 0. The van der Waals surface area contributed by atoms with Gasteiger partial charge >= 0.3 is 0 Å². The van der Waals surface area contributed by atoms with E-state index in [1.807, 2.05) is 12.4 Å². The molecule has 3 nitrogen and oxygen atoms in total. The van der Waals surface area contributed by atoms with E-state index in [9.17, 15) is 0 Å². The van der Waals surface area contributed by atoms with E-state index in [0.29, 0.717) is 6.04 Å². The highest BCUT2D eigenvalue weighted by Crippen LogP contribution is 2.27. The number of piperidine rings is 1. The lowest BCUT2D eigenvalue weighted by molar-refractivity contribution is 0.313. The average molecular weight is 267 g/mol. The van der Waals surface area contributed by atoms with E-state index in [2.05, 4.69) is 39.5 Å². The Balaban J connectivity index is 1.56. The van der Waals surface area contributed by atoms with Crippen molar-refractivity contribution < 1.29 is 0 Å². The summed E-state index contributed by atoms with van der Waals surface area (Å²) in [6, 6.07) is 9.29. The van der Waals surface area contributed by atoms with Crippen molar-refractivity contribution in [3.8, 4) is 0 Å². The first-order valence-corrected chi connectivity index (χ1v) is 7.67. The normalized spacial score (nSPS) is 26.8. The minimum Gasteiger partial charge on any atom is -0.312 e. The Morgan fingerprint density at radius 2 is 2.15 bits per heavy atom. The Labute approximate surface area is 120 Å². The van der Waals surface area contributed by atoms with Crippen LogP contribution in [0.15, 0.2) is 36.7 Å². The summed E-state index contributed by atoms with van der Waals surface area (Å²) in [5, 5.41) is 6.28. The van der Waals surface area contributed by atoms with Crippen molar-refractivity contribution in [1.29, 1.82) is 0 Å². The zero-order chi connectivity index (χ0) is 13.4. The van der Waals surface area contributed by atoms with Gasteiger partial charge in [-0.1, -0.05) is 24.3 Å². The first-order chi connectivity index (χ1) is 9.90. The molecule has 2 aromatic rings. The van der Waals surface area contributed by atoms with Crippen LogP contribution in [-0.4, -0.2) is 35.6 Å². The van der Waals surface area contributed by atoms with Crippen LogP contribution >= 0.6 is 0 Å².